The van der Waals surface area contributed by atoms with Gasteiger partial charge in [0.2, 0.25) is 0 Å². The summed E-state index contributed by atoms with van der Waals surface area (Å²) in [6, 6.07) is 1.88. The zero-order valence-electron chi connectivity index (χ0n) is 8.06. The van der Waals surface area contributed by atoms with Crippen molar-refractivity contribution < 1.29 is 4.79 Å². The van der Waals surface area contributed by atoms with Crippen LogP contribution in [-0.2, 0) is 7.05 Å². The number of aryl methyl sites for hydroxylation is 1. The van der Waals surface area contributed by atoms with Gasteiger partial charge < -0.3 is 10.6 Å². The first-order chi connectivity index (χ1) is 6.57. The van der Waals surface area contributed by atoms with Crippen molar-refractivity contribution in [2.24, 2.45) is 7.05 Å². The zero-order chi connectivity index (χ0) is 10.7. The van der Waals surface area contributed by atoms with E-state index in [0.717, 1.165) is 0 Å². The molecular formula is C8H11N5O. The molecule has 0 aliphatic carbocycles. The SMILES string of the molecule is CN(CC#N)C(=O)c1cnn(C)c1N. The van der Waals surface area contributed by atoms with E-state index in [4.69, 9.17) is 11.0 Å². The number of hydrogen-bond donors (Lipinski definition) is 1. The molecule has 1 aromatic heterocycles. The van der Waals surface area contributed by atoms with Crippen molar-refractivity contribution in [1.29, 1.82) is 5.26 Å². The molecule has 0 aliphatic rings. The van der Waals surface area contributed by atoms with Gasteiger partial charge in [-0.2, -0.15) is 10.4 Å². The van der Waals surface area contributed by atoms with E-state index in [0.29, 0.717) is 11.4 Å². The number of aromatic nitrogens is 2. The molecule has 1 amide bonds. The summed E-state index contributed by atoms with van der Waals surface area (Å²) < 4.78 is 1.41. The van der Waals surface area contributed by atoms with Crippen LogP contribution in [0.4, 0.5) is 5.82 Å². The molecule has 6 nitrogen and oxygen atoms in total. The third-order valence-corrected chi connectivity index (χ3v) is 1.87. The lowest BCUT2D eigenvalue weighted by Gasteiger charge is -2.11. The highest BCUT2D eigenvalue weighted by atomic mass is 16.2. The van der Waals surface area contributed by atoms with Gasteiger partial charge in [0.15, 0.2) is 0 Å². The molecule has 0 aromatic carbocycles. The summed E-state index contributed by atoms with van der Waals surface area (Å²) in [7, 11) is 3.19. The van der Waals surface area contributed by atoms with Crippen LogP contribution < -0.4 is 5.73 Å². The maximum atomic E-state index is 11.6. The Morgan fingerprint density at radius 3 is 2.93 bits per heavy atom. The normalized spacial score (nSPS) is 9.50. The minimum absolute atomic E-state index is 0.0349. The Balaban J connectivity index is 2.91. The Bertz CT molecular complexity index is 389. The zero-order valence-corrected chi connectivity index (χ0v) is 8.06. The fourth-order valence-corrected chi connectivity index (χ4v) is 0.995. The molecule has 0 radical (unpaired) electrons. The van der Waals surface area contributed by atoms with Gasteiger partial charge in [-0.05, 0) is 0 Å². The summed E-state index contributed by atoms with van der Waals surface area (Å²) in [5, 5.41) is 12.3. The quantitative estimate of drug-likeness (QED) is 0.647. The van der Waals surface area contributed by atoms with E-state index in [1.807, 2.05) is 6.07 Å². The van der Waals surface area contributed by atoms with Gasteiger partial charge in [0.05, 0.1) is 12.3 Å². The van der Waals surface area contributed by atoms with Gasteiger partial charge in [-0.25, -0.2) is 0 Å². The van der Waals surface area contributed by atoms with Crippen LogP contribution >= 0.6 is 0 Å². The van der Waals surface area contributed by atoms with Crippen molar-refractivity contribution in [2.75, 3.05) is 19.3 Å². The number of carbonyl (C=O) groups is 1. The third kappa shape index (κ3) is 1.66. The molecule has 2 N–H and O–H groups in total. The van der Waals surface area contributed by atoms with E-state index in [1.54, 1.807) is 7.05 Å². The monoisotopic (exact) mass is 193 g/mol. The number of nitrogen functional groups attached to an aromatic ring is 1. The Hall–Kier alpha value is -2.03. The average Bonchev–Trinajstić information content (AvgIpc) is 2.47. The summed E-state index contributed by atoms with van der Waals surface area (Å²) in [5.74, 6) is 0.0111. The van der Waals surface area contributed by atoms with Crippen LogP contribution in [0.3, 0.4) is 0 Å². The number of anilines is 1. The van der Waals surface area contributed by atoms with Crippen molar-refractivity contribution in [1.82, 2.24) is 14.7 Å². The highest BCUT2D eigenvalue weighted by Gasteiger charge is 2.17. The summed E-state index contributed by atoms with van der Waals surface area (Å²) >= 11 is 0. The van der Waals surface area contributed by atoms with E-state index in [9.17, 15) is 4.79 Å². The highest BCUT2D eigenvalue weighted by Crippen LogP contribution is 2.11. The molecule has 0 saturated carbocycles. The molecule has 0 bridgehead atoms. The Kier molecular flexibility index (Phi) is 2.72. The molecule has 1 heterocycles. The van der Waals surface area contributed by atoms with Gasteiger partial charge >= 0.3 is 0 Å². The van der Waals surface area contributed by atoms with Crippen LogP contribution in [0.1, 0.15) is 10.4 Å². The number of nitrogens with two attached hydrogens (primary N) is 1. The summed E-state index contributed by atoms with van der Waals surface area (Å²) in [4.78, 5) is 12.9. The second-order valence-electron chi connectivity index (χ2n) is 2.89. The first kappa shape index (κ1) is 10.1. The molecular weight excluding hydrogens is 182 g/mol. The Labute approximate surface area is 81.5 Å². The number of rotatable bonds is 2. The average molecular weight is 193 g/mol. The largest absolute Gasteiger partial charge is 0.383 e. The molecule has 74 valence electrons. The molecule has 0 aliphatic heterocycles. The van der Waals surface area contributed by atoms with Crippen LogP contribution in [0.5, 0.6) is 0 Å². The fraction of sp³-hybridized carbons (Fsp3) is 0.375. The maximum Gasteiger partial charge on any atom is 0.259 e. The van der Waals surface area contributed by atoms with Gasteiger partial charge in [-0.1, -0.05) is 0 Å². The second kappa shape index (κ2) is 3.79. The predicted molar refractivity (Wildman–Crippen MR) is 50.2 cm³/mol. The summed E-state index contributed by atoms with van der Waals surface area (Å²) in [6.45, 7) is 0.0349. The Morgan fingerprint density at radius 1 is 1.86 bits per heavy atom. The van der Waals surface area contributed by atoms with Crippen LogP contribution in [0.15, 0.2) is 6.20 Å². The van der Waals surface area contributed by atoms with E-state index < -0.39 is 0 Å². The highest BCUT2D eigenvalue weighted by molar-refractivity contribution is 5.98. The maximum absolute atomic E-state index is 11.6. The van der Waals surface area contributed by atoms with Crippen LogP contribution in [0.25, 0.3) is 0 Å². The minimum atomic E-state index is -0.294. The lowest BCUT2D eigenvalue weighted by molar-refractivity contribution is 0.0813. The molecule has 14 heavy (non-hydrogen) atoms. The van der Waals surface area contributed by atoms with Crippen molar-refractivity contribution >= 4 is 11.7 Å². The van der Waals surface area contributed by atoms with E-state index in [2.05, 4.69) is 5.10 Å². The van der Waals surface area contributed by atoms with Crippen molar-refractivity contribution in [3.8, 4) is 6.07 Å². The molecule has 1 rings (SSSR count). The van der Waals surface area contributed by atoms with Crippen molar-refractivity contribution in [3.63, 3.8) is 0 Å². The van der Waals surface area contributed by atoms with Gasteiger partial charge in [0.1, 0.15) is 17.9 Å². The predicted octanol–water partition coefficient (Wildman–Crippen LogP) is -0.402. The van der Waals surface area contributed by atoms with Gasteiger partial charge in [0, 0.05) is 14.1 Å². The summed E-state index contributed by atoms with van der Waals surface area (Å²) in [5.41, 5.74) is 5.93. The topological polar surface area (TPSA) is 87.9 Å². The van der Waals surface area contributed by atoms with Crippen LogP contribution in [0, 0.1) is 11.3 Å². The number of carbonyl (C=O) groups excluding carboxylic acids is 1. The first-order valence-electron chi connectivity index (χ1n) is 3.97. The molecule has 0 atom stereocenters. The van der Waals surface area contributed by atoms with Crippen LogP contribution in [-0.4, -0.2) is 34.2 Å². The standard InChI is InChI=1S/C8H11N5O/c1-12(4-3-9)8(14)6-5-11-13(2)7(6)10/h5H,4,10H2,1-2H3. The van der Waals surface area contributed by atoms with Gasteiger partial charge in [0.25, 0.3) is 5.91 Å². The second-order valence-corrected chi connectivity index (χ2v) is 2.89. The molecule has 0 fully saturated rings. The molecule has 0 saturated heterocycles. The van der Waals surface area contributed by atoms with Crippen molar-refractivity contribution in [3.05, 3.63) is 11.8 Å². The third-order valence-electron chi connectivity index (χ3n) is 1.87. The number of nitriles is 1. The molecule has 0 spiro atoms. The lowest BCUT2D eigenvalue weighted by atomic mass is 10.3. The van der Waals surface area contributed by atoms with Gasteiger partial charge in [-0.3, -0.25) is 9.48 Å². The van der Waals surface area contributed by atoms with Crippen molar-refractivity contribution in [2.45, 2.75) is 0 Å². The smallest absolute Gasteiger partial charge is 0.259 e. The summed E-state index contributed by atoms with van der Waals surface area (Å²) in [6.07, 6.45) is 1.39. The van der Waals surface area contributed by atoms with Crippen LogP contribution in [0.2, 0.25) is 0 Å². The Morgan fingerprint density at radius 2 is 2.50 bits per heavy atom. The number of amides is 1. The van der Waals surface area contributed by atoms with E-state index in [1.165, 1.54) is 22.8 Å². The van der Waals surface area contributed by atoms with Gasteiger partial charge in [-0.15, -0.1) is 0 Å². The molecule has 1 aromatic rings. The fourth-order valence-electron chi connectivity index (χ4n) is 0.995. The van der Waals surface area contributed by atoms with E-state index in [-0.39, 0.29) is 12.5 Å². The number of hydrogen-bond acceptors (Lipinski definition) is 4. The first-order valence-corrected chi connectivity index (χ1v) is 3.97. The molecule has 6 heteroatoms. The lowest BCUT2D eigenvalue weighted by Crippen LogP contribution is -2.27. The number of nitrogens with zero attached hydrogens (tertiary/aromatic N) is 4. The van der Waals surface area contributed by atoms with E-state index >= 15 is 0 Å². The molecule has 0 unspecified atom stereocenters. The minimum Gasteiger partial charge on any atom is -0.383 e.